The minimum absolute atomic E-state index is 0.00236. The van der Waals surface area contributed by atoms with Crippen LogP contribution in [0.4, 0.5) is 0 Å². The first kappa shape index (κ1) is 48.6. The Morgan fingerprint density at radius 2 is 1.49 bits per heavy atom. The largest absolute Gasteiger partial charge is 0.507 e. The van der Waals surface area contributed by atoms with E-state index in [1.54, 1.807) is 6.92 Å². The van der Waals surface area contributed by atoms with Crippen LogP contribution in [0, 0.1) is 0 Å². The van der Waals surface area contributed by atoms with E-state index in [0.29, 0.717) is 19.1 Å². The number of fused-ring (bicyclic) bond motifs is 3. The molecule has 1 heterocycles. The predicted octanol–water partition coefficient (Wildman–Crippen LogP) is 6.11. The Kier molecular flexibility index (Phi) is 17.9. The zero-order valence-electron chi connectivity index (χ0n) is 36.2. The highest BCUT2D eigenvalue weighted by Gasteiger charge is 2.50. The maximum absolute atomic E-state index is 14.0. The van der Waals surface area contributed by atoms with Crippen molar-refractivity contribution in [3.05, 3.63) is 124 Å². The fourth-order valence-electron chi connectivity index (χ4n) is 8.03. The van der Waals surface area contributed by atoms with Crippen molar-refractivity contribution < 1.29 is 53.8 Å². The van der Waals surface area contributed by atoms with Gasteiger partial charge in [0.2, 0.25) is 11.7 Å². The lowest BCUT2D eigenvalue weighted by molar-refractivity contribution is -0.248. The van der Waals surface area contributed by atoms with E-state index in [0.717, 1.165) is 32.1 Å². The van der Waals surface area contributed by atoms with Crippen molar-refractivity contribution >= 4 is 23.8 Å². The number of carbonyl (C=O) groups excluding carboxylic acids is 4. The molecule has 1 fully saturated rings. The first-order valence-electron chi connectivity index (χ1n) is 21.6. The van der Waals surface area contributed by atoms with E-state index in [9.17, 15) is 39.6 Å². The summed E-state index contributed by atoms with van der Waals surface area (Å²) in [5.41, 5.74) is 7.81. The molecule has 1 amide bonds. The molecule has 63 heavy (non-hydrogen) atoms. The SMILES string of the molecule is CCC=CCC=CCC=CCC=CCC=CC/C=C\CCC(=O)NNC(C=O)C1(O)Cc2c(O)c3c(c(O)c2C(OC2CC(N)C(O)C(C)O2)C1)C(=O)c1c(OC)cccc1C3=O. The van der Waals surface area contributed by atoms with E-state index in [1.807, 2.05) is 18.2 Å². The van der Waals surface area contributed by atoms with Crippen LogP contribution in [0.1, 0.15) is 127 Å². The van der Waals surface area contributed by atoms with Gasteiger partial charge in [-0.15, -0.1) is 0 Å². The molecule has 0 aromatic heterocycles. The van der Waals surface area contributed by atoms with Crippen LogP contribution in [0.5, 0.6) is 17.2 Å². The summed E-state index contributed by atoms with van der Waals surface area (Å²) in [6.07, 6.45) is 26.3. The van der Waals surface area contributed by atoms with Gasteiger partial charge >= 0.3 is 0 Å². The Balaban J connectivity index is 1.21. The minimum Gasteiger partial charge on any atom is -0.507 e. The van der Waals surface area contributed by atoms with Gasteiger partial charge < -0.3 is 45.2 Å². The average Bonchev–Trinajstić information content (AvgIpc) is 3.26. The number of ether oxygens (including phenoxy) is 3. The number of phenolic OH excluding ortho intramolecular Hbond substituents is 2. The standard InChI is InChI=1S/C49H61N3O11/c1-4-5-6-7-8-9-10-11-12-13-14-15-16-17-18-19-20-21-22-26-38(54)52-51-37(30-53)49(60)28-33-41(36(29-49)63-39-27-34(50)44(55)31(2)62-39)48(59)43-42(46(33)57)45(56)32-24-23-25-35(61-3)40(32)47(43)58/h5-6,8-9,11-12,14-15,17-18,20-21,23-25,30-31,34,36-37,39,44,51,55,57,59-60H,4,7,10,13,16,19,22,26-29,50H2,1-3H3,(H,52,54)/b6-5?,9-8?,12-11?,15-14?,18-17?,21-20-. The van der Waals surface area contributed by atoms with Crippen LogP contribution in [0.2, 0.25) is 0 Å². The summed E-state index contributed by atoms with van der Waals surface area (Å²) in [6.45, 7) is 3.72. The normalized spacial score (nSPS) is 24.2. The molecule has 8 N–H and O–H groups in total. The molecule has 0 radical (unpaired) electrons. The summed E-state index contributed by atoms with van der Waals surface area (Å²) in [5.74, 6) is -3.27. The van der Waals surface area contributed by atoms with Gasteiger partial charge in [-0.1, -0.05) is 92.0 Å². The van der Waals surface area contributed by atoms with Gasteiger partial charge in [0, 0.05) is 48.4 Å². The number of aldehydes is 1. The molecule has 2 aromatic carbocycles. The van der Waals surface area contributed by atoms with Crippen LogP contribution < -0.4 is 21.3 Å². The molecule has 14 nitrogen and oxygen atoms in total. The average molecular weight is 868 g/mol. The molecular formula is C49H61N3O11. The Hall–Kier alpha value is -5.48. The number of hydrazine groups is 1. The summed E-state index contributed by atoms with van der Waals surface area (Å²) in [7, 11) is 1.33. The molecule has 14 heteroatoms. The van der Waals surface area contributed by atoms with E-state index in [2.05, 4.69) is 72.5 Å². The highest BCUT2D eigenvalue weighted by Crippen LogP contribution is 2.53. The predicted molar refractivity (Wildman–Crippen MR) is 238 cm³/mol. The highest BCUT2D eigenvalue weighted by molar-refractivity contribution is 6.31. The molecule has 0 spiro atoms. The van der Waals surface area contributed by atoms with Crippen LogP contribution in [0.25, 0.3) is 0 Å². The number of methoxy groups -OCH3 is 1. The number of aromatic hydroxyl groups is 2. The molecule has 0 bridgehead atoms. The molecule has 3 aliphatic rings. The second-order valence-electron chi connectivity index (χ2n) is 15.9. The van der Waals surface area contributed by atoms with Crippen molar-refractivity contribution in [2.75, 3.05) is 7.11 Å². The Bertz CT molecular complexity index is 2130. The molecule has 2 aliphatic carbocycles. The van der Waals surface area contributed by atoms with Gasteiger partial charge in [-0.2, -0.15) is 0 Å². The number of phenols is 2. The van der Waals surface area contributed by atoms with Crippen molar-refractivity contribution in [3.8, 4) is 17.2 Å². The first-order chi connectivity index (χ1) is 30.4. The van der Waals surface area contributed by atoms with Crippen LogP contribution in [0.3, 0.4) is 0 Å². The third-order valence-corrected chi connectivity index (χ3v) is 11.4. The van der Waals surface area contributed by atoms with Crippen molar-refractivity contribution in [3.63, 3.8) is 0 Å². The van der Waals surface area contributed by atoms with Gasteiger partial charge in [0.25, 0.3) is 0 Å². The molecule has 338 valence electrons. The first-order valence-corrected chi connectivity index (χ1v) is 21.6. The lowest BCUT2D eigenvalue weighted by Crippen LogP contribution is -2.60. The number of rotatable bonds is 21. The number of allylic oxidation sites excluding steroid dienone is 12. The third-order valence-electron chi connectivity index (χ3n) is 11.4. The van der Waals surface area contributed by atoms with Gasteiger partial charge in [-0.25, -0.2) is 5.43 Å². The molecule has 7 atom stereocenters. The fourth-order valence-corrected chi connectivity index (χ4v) is 8.03. The summed E-state index contributed by atoms with van der Waals surface area (Å²) in [4.78, 5) is 53.4. The number of nitrogens with one attached hydrogen (secondary N) is 2. The molecule has 0 saturated carbocycles. The molecule has 2 aromatic rings. The quantitative estimate of drug-likeness (QED) is 0.0278. The van der Waals surface area contributed by atoms with Gasteiger partial charge in [-0.05, 0) is 57.9 Å². The van der Waals surface area contributed by atoms with E-state index < -0.39 is 95.2 Å². The molecule has 1 aliphatic heterocycles. The van der Waals surface area contributed by atoms with Crippen molar-refractivity contribution in [2.24, 2.45) is 5.73 Å². The second kappa shape index (κ2) is 23.3. The summed E-state index contributed by atoms with van der Waals surface area (Å²) in [6, 6.07) is 2.16. The van der Waals surface area contributed by atoms with Gasteiger partial charge in [-0.3, -0.25) is 19.8 Å². The Morgan fingerprint density at radius 1 is 0.905 bits per heavy atom. The van der Waals surface area contributed by atoms with Crippen molar-refractivity contribution in [1.29, 1.82) is 0 Å². The smallest absolute Gasteiger partial charge is 0.234 e. The number of ketones is 2. The molecule has 1 saturated heterocycles. The van der Waals surface area contributed by atoms with E-state index in [1.165, 1.54) is 25.3 Å². The molecule has 7 unspecified atom stereocenters. The maximum atomic E-state index is 14.0. The maximum Gasteiger partial charge on any atom is 0.234 e. The monoisotopic (exact) mass is 867 g/mol. The van der Waals surface area contributed by atoms with E-state index in [4.69, 9.17) is 19.9 Å². The summed E-state index contributed by atoms with van der Waals surface area (Å²) in [5, 5.41) is 46.3. The number of amides is 1. The third kappa shape index (κ3) is 12.0. The van der Waals surface area contributed by atoms with Crippen molar-refractivity contribution in [2.45, 2.75) is 127 Å². The fraction of sp³-hybridized carbons (Fsp3) is 0.429. The number of hydrogen-bond donors (Lipinski definition) is 7. The number of aliphatic hydroxyl groups excluding tert-OH is 1. The van der Waals surface area contributed by atoms with Gasteiger partial charge in [0.05, 0.1) is 47.7 Å². The number of nitrogens with two attached hydrogens (primary N) is 1. The Morgan fingerprint density at radius 3 is 2.06 bits per heavy atom. The second-order valence-corrected chi connectivity index (χ2v) is 15.9. The number of benzene rings is 2. The number of aliphatic hydroxyl groups is 2. The molecular weight excluding hydrogens is 807 g/mol. The van der Waals surface area contributed by atoms with Crippen LogP contribution in [-0.2, 0) is 25.5 Å². The Labute approximate surface area is 368 Å². The van der Waals surface area contributed by atoms with Gasteiger partial charge in [0.15, 0.2) is 12.1 Å². The highest BCUT2D eigenvalue weighted by atomic mass is 16.7. The summed E-state index contributed by atoms with van der Waals surface area (Å²) >= 11 is 0. The molecule has 5 rings (SSSR count). The zero-order valence-corrected chi connectivity index (χ0v) is 36.2. The summed E-state index contributed by atoms with van der Waals surface area (Å²) < 4.78 is 17.5. The topological polar surface area (TPSA) is 227 Å². The van der Waals surface area contributed by atoms with Crippen LogP contribution in [0.15, 0.2) is 91.1 Å². The lowest BCUT2D eigenvalue weighted by Gasteiger charge is -2.44. The van der Waals surface area contributed by atoms with E-state index >= 15 is 0 Å². The van der Waals surface area contributed by atoms with Crippen LogP contribution >= 0.6 is 0 Å². The number of carbonyl (C=O) groups is 4. The van der Waals surface area contributed by atoms with Crippen molar-refractivity contribution in [1.82, 2.24) is 10.9 Å². The number of hydrogen-bond acceptors (Lipinski definition) is 13. The van der Waals surface area contributed by atoms with Gasteiger partial charge in [0.1, 0.15) is 29.6 Å². The minimum atomic E-state index is -2.10. The van der Waals surface area contributed by atoms with E-state index in [-0.39, 0.29) is 40.8 Å². The van der Waals surface area contributed by atoms with Crippen LogP contribution in [-0.4, -0.2) is 87.5 Å². The lowest BCUT2D eigenvalue weighted by atomic mass is 9.71. The zero-order chi connectivity index (χ0) is 45.5.